The van der Waals surface area contributed by atoms with Gasteiger partial charge in [0.05, 0.1) is 17.1 Å². The van der Waals surface area contributed by atoms with E-state index in [-0.39, 0.29) is 22.4 Å². The van der Waals surface area contributed by atoms with Crippen molar-refractivity contribution in [2.75, 3.05) is 0 Å². The Kier molecular flexibility index (Phi) is 4.73. The Morgan fingerprint density at radius 2 is 1.37 bits per heavy atom. The number of imidazole rings is 1. The number of Topliss-reactive ketones (excluding diaryl/α,β-unsaturated/α-hetero) is 2. The molecule has 3 aliphatic rings. The Hall–Kier alpha value is -3.47. The Labute approximate surface area is 205 Å². The molecular formula is C30H30N2O3. The van der Waals surface area contributed by atoms with Crippen LogP contribution in [-0.2, 0) is 14.3 Å². The molecule has 0 N–H and O–H groups in total. The average molecular weight is 467 g/mol. The molecule has 1 aliphatic heterocycles. The quantitative estimate of drug-likeness (QED) is 0.438. The number of rotatable bonds is 2. The molecule has 0 fully saturated rings. The minimum Gasteiger partial charge on any atom is -0.465 e. The van der Waals surface area contributed by atoms with Crippen molar-refractivity contribution in [3.8, 4) is 11.4 Å². The van der Waals surface area contributed by atoms with Crippen molar-refractivity contribution in [2.24, 2.45) is 10.8 Å². The zero-order chi connectivity index (χ0) is 24.5. The number of hydrogen-bond donors (Lipinski definition) is 0. The zero-order valence-corrected chi connectivity index (χ0v) is 20.7. The van der Waals surface area contributed by atoms with Gasteiger partial charge in [-0.05, 0) is 23.0 Å². The number of allylic oxidation sites excluding steroid dienone is 4. The van der Waals surface area contributed by atoms with Crippen molar-refractivity contribution >= 4 is 17.1 Å². The summed E-state index contributed by atoms with van der Waals surface area (Å²) in [4.78, 5) is 32.4. The maximum Gasteiger partial charge on any atom is 0.163 e. The van der Waals surface area contributed by atoms with E-state index in [0.29, 0.717) is 36.8 Å². The molecule has 2 aliphatic carbocycles. The molecule has 3 heterocycles. The van der Waals surface area contributed by atoms with E-state index in [1.807, 2.05) is 54.7 Å². The Balaban J connectivity index is 1.63. The van der Waals surface area contributed by atoms with Crippen LogP contribution in [0, 0.1) is 10.8 Å². The summed E-state index contributed by atoms with van der Waals surface area (Å²) in [5.74, 6) is 1.86. The number of carbonyl (C=O) groups excluding carboxylic acids is 2. The minimum absolute atomic E-state index is 0.0591. The van der Waals surface area contributed by atoms with Gasteiger partial charge in [-0.3, -0.25) is 14.0 Å². The number of carbonyl (C=O) groups is 2. The fourth-order valence-electron chi connectivity index (χ4n) is 6.01. The van der Waals surface area contributed by atoms with Crippen LogP contribution in [-0.4, -0.2) is 21.0 Å². The van der Waals surface area contributed by atoms with Gasteiger partial charge in [-0.25, -0.2) is 4.98 Å². The van der Waals surface area contributed by atoms with E-state index < -0.39 is 5.92 Å². The van der Waals surface area contributed by atoms with Crippen LogP contribution in [0.2, 0.25) is 0 Å². The lowest BCUT2D eigenvalue weighted by atomic mass is 9.66. The molecule has 5 nitrogen and oxygen atoms in total. The van der Waals surface area contributed by atoms with Gasteiger partial charge in [0.15, 0.2) is 11.6 Å². The van der Waals surface area contributed by atoms with Crippen LogP contribution in [0.15, 0.2) is 77.4 Å². The number of nitrogens with zero attached hydrogens (tertiary/aromatic N) is 2. The van der Waals surface area contributed by atoms with Crippen molar-refractivity contribution in [1.82, 2.24) is 9.38 Å². The molecule has 0 bridgehead atoms. The summed E-state index contributed by atoms with van der Waals surface area (Å²) < 4.78 is 8.51. The number of ether oxygens (including phenoxy) is 1. The van der Waals surface area contributed by atoms with E-state index in [0.717, 1.165) is 34.1 Å². The third-order valence-corrected chi connectivity index (χ3v) is 7.46. The maximum absolute atomic E-state index is 13.6. The van der Waals surface area contributed by atoms with Crippen LogP contribution < -0.4 is 0 Å². The van der Waals surface area contributed by atoms with E-state index in [4.69, 9.17) is 9.72 Å². The van der Waals surface area contributed by atoms with Crippen molar-refractivity contribution in [3.05, 3.63) is 83.1 Å². The lowest BCUT2D eigenvalue weighted by molar-refractivity contribution is -0.120. The lowest BCUT2D eigenvalue weighted by Gasteiger charge is -2.42. The summed E-state index contributed by atoms with van der Waals surface area (Å²) in [5, 5.41) is 0. The van der Waals surface area contributed by atoms with Gasteiger partial charge >= 0.3 is 0 Å². The van der Waals surface area contributed by atoms with Gasteiger partial charge in [0.25, 0.3) is 0 Å². The van der Waals surface area contributed by atoms with Gasteiger partial charge in [-0.1, -0.05) is 64.1 Å². The van der Waals surface area contributed by atoms with Gasteiger partial charge in [-0.15, -0.1) is 0 Å². The van der Waals surface area contributed by atoms with E-state index >= 15 is 0 Å². The molecule has 1 aromatic carbocycles. The lowest BCUT2D eigenvalue weighted by Crippen LogP contribution is -2.37. The summed E-state index contributed by atoms with van der Waals surface area (Å²) >= 11 is 0. The molecule has 0 amide bonds. The van der Waals surface area contributed by atoms with Crippen molar-refractivity contribution in [2.45, 2.75) is 59.3 Å². The largest absolute Gasteiger partial charge is 0.465 e. The first-order valence-corrected chi connectivity index (χ1v) is 12.4. The van der Waals surface area contributed by atoms with E-state index in [2.05, 4.69) is 32.1 Å². The molecule has 3 aromatic rings. The van der Waals surface area contributed by atoms with Crippen molar-refractivity contribution in [1.29, 1.82) is 0 Å². The monoisotopic (exact) mass is 466 g/mol. The SMILES string of the molecule is CC1(C)CC(=O)C2=C(C1)OC1=C(C(=O)CC(C)(C)C1)C2c1nc(-c2ccccc2)n2ccccc12. The predicted molar refractivity (Wildman–Crippen MR) is 135 cm³/mol. The molecule has 6 rings (SSSR count). The van der Waals surface area contributed by atoms with Crippen LogP contribution in [0.4, 0.5) is 0 Å². The topological polar surface area (TPSA) is 60.7 Å². The highest BCUT2D eigenvalue weighted by molar-refractivity contribution is 6.06. The smallest absolute Gasteiger partial charge is 0.163 e. The van der Waals surface area contributed by atoms with Gasteiger partial charge < -0.3 is 4.74 Å². The second-order valence-corrected chi connectivity index (χ2v) is 11.7. The van der Waals surface area contributed by atoms with Gasteiger partial charge in [0, 0.05) is 48.6 Å². The first kappa shape index (κ1) is 22.0. The highest BCUT2D eigenvalue weighted by Gasteiger charge is 2.49. The molecule has 0 saturated carbocycles. The van der Waals surface area contributed by atoms with Crippen LogP contribution in [0.25, 0.3) is 16.9 Å². The van der Waals surface area contributed by atoms with Gasteiger partial charge in [0.2, 0.25) is 0 Å². The van der Waals surface area contributed by atoms with Crippen LogP contribution in [0.3, 0.4) is 0 Å². The third-order valence-electron chi connectivity index (χ3n) is 7.46. The number of benzene rings is 1. The number of pyridine rings is 1. The second-order valence-electron chi connectivity index (χ2n) is 11.7. The molecular weight excluding hydrogens is 436 g/mol. The molecule has 0 atom stereocenters. The van der Waals surface area contributed by atoms with Crippen molar-refractivity contribution < 1.29 is 14.3 Å². The molecule has 0 radical (unpaired) electrons. The molecule has 0 unspecified atom stereocenters. The Morgan fingerprint density at radius 1 is 0.800 bits per heavy atom. The number of aromatic nitrogens is 2. The summed E-state index contributed by atoms with van der Waals surface area (Å²) in [7, 11) is 0. The number of ketones is 2. The fourth-order valence-corrected chi connectivity index (χ4v) is 6.01. The van der Waals surface area contributed by atoms with Crippen LogP contribution in [0.5, 0.6) is 0 Å². The zero-order valence-electron chi connectivity index (χ0n) is 20.7. The molecule has 178 valence electrons. The molecule has 5 heteroatoms. The molecule has 35 heavy (non-hydrogen) atoms. The fraction of sp³-hybridized carbons (Fsp3) is 0.367. The Bertz CT molecular complexity index is 1400. The Morgan fingerprint density at radius 3 is 1.97 bits per heavy atom. The predicted octanol–water partition coefficient (Wildman–Crippen LogP) is 6.40. The van der Waals surface area contributed by atoms with Crippen LogP contribution >= 0.6 is 0 Å². The first-order chi connectivity index (χ1) is 16.6. The molecule has 0 saturated heterocycles. The van der Waals surface area contributed by atoms with Gasteiger partial charge in [-0.2, -0.15) is 0 Å². The van der Waals surface area contributed by atoms with Crippen molar-refractivity contribution in [3.63, 3.8) is 0 Å². The van der Waals surface area contributed by atoms with Crippen LogP contribution in [0.1, 0.15) is 65.0 Å². The van der Waals surface area contributed by atoms with E-state index in [1.54, 1.807) is 0 Å². The van der Waals surface area contributed by atoms with Gasteiger partial charge in [0.1, 0.15) is 17.3 Å². The molecule has 2 aromatic heterocycles. The third kappa shape index (κ3) is 3.56. The number of fused-ring (bicyclic) bond motifs is 1. The summed E-state index contributed by atoms with van der Waals surface area (Å²) in [5.41, 5.74) is 3.54. The highest BCUT2D eigenvalue weighted by atomic mass is 16.5. The highest BCUT2D eigenvalue weighted by Crippen LogP contribution is 2.53. The summed E-state index contributed by atoms with van der Waals surface area (Å²) in [6, 6.07) is 16.0. The van der Waals surface area contributed by atoms with E-state index in [1.165, 1.54) is 0 Å². The molecule has 0 spiro atoms. The average Bonchev–Trinajstić information content (AvgIpc) is 3.16. The summed E-state index contributed by atoms with van der Waals surface area (Å²) in [6.07, 6.45) is 4.22. The summed E-state index contributed by atoms with van der Waals surface area (Å²) in [6.45, 7) is 8.41. The second kappa shape index (κ2) is 7.51. The minimum atomic E-state index is -0.504. The number of hydrogen-bond acceptors (Lipinski definition) is 4. The maximum atomic E-state index is 13.6. The first-order valence-electron chi connectivity index (χ1n) is 12.4. The standard InChI is InChI=1S/C30H30N2O3/c1-29(2)14-20(33)24-22(16-29)35-23-17-30(3,4)15-21(34)25(23)26(24)27-19-12-8-9-13-32(19)28(31-27)18-10-6-5-7-11-18/h5-13,26H,14-17H2,1-4H3. The normalized spacial score (nSPS) is 21.7. The van der Waals surface area contributed by atoms with E-state index in [9.17, 15) is 9.59 Å².